The molecule has 4 rings (SSSR count). The zero-order valence-electron chi connectivity index (χ0n) is 18.6. The lowest BCUT2D eigenvalue weighted by Gasteiger charge is -2.35. The number of hydrogen-bond donors (Lipinski definition) is 1. The van der Waals surface area contributed by atoms with Gasteiger partial charge in [-0.1, -0.05) is 60.1 Å². The van der Waals surface area contributed by atoms with Crippen LogP contribution in [-0.4, -0.2) is 11.1 Å². The fraction of sp³-hybridized carbons (Fsp3) is 0.111. The number of aromatic nitrogens is 1. The molecule has 0 aliphatic heterocycles. The largest absolute Gasteiger partial charge is 0.416 e. The van der Waals surface area contributed by atoms with E-state index in [1.807, 2.05) is 0 Å². The quantitative estimate of drug-likeness (QED) is 0.278. The number of alkyl halides is 3. The lowest BCUT2D eigenvalue weighted by atomic mass is 9.80. The molecule has 3 aromatic carbocycles. The van der Waals surface area contributed by atoms with E-state index in [4.69, 9.17) is 16.3 Å². The Labute approximate surface area is 209 Å². The number of ether oxygens (including phenoxy) is 1. The van der Waals surface area contributed by atoms with E-state index in [1.165, 1.54) is 18.3 Å². The Morgan fingerprint density at radius 2 is 1.53 bits per heavy atom. The number of nitrogens with zero attached hydrogens (tertiary/aromatic N) is 1. The number of amides is 1. The number of hydrogen-bond acceptors (Lipinski definition) is 3. The van der Waals surface area contributed by atoms with E-state index < -0.39 is 29.2 Å². The van der Waals surface area contributed by atoms with Crippen LogP contribution >= 0.6 is 11.6 Å². The second kappa shape index (κ2) is 10.4. The van der Waals surface area contributed by atoms with Crippen LogP contribution < -0.4 is 10.1 Å². The molecule has 0 fully saturated rings. The van der Waals surface area contributed by atoms with Crippen molar-refractivity contribution in [2.24, 2.45) is 0 Å². The summed E-state index contributed by atoms with van der Waals surface area (Å²) in [5, 5.41) is 2.96. The lowest BCUT2D eigenvalue weighted by Crippen LogP contribution is -2.50. The third-order valence-electron chi connectivity index (χ3n) is 5.46. The van der Waals surface area contributed by atoms with Crippen molar-refractivity contribution in [3.05, 3.63) is 130 Å². The summed E-state index contributed by atoms with van der Waals surface area (Å²) in [4.78, 5) is 17.4. The minimum atomic E-state index is -4.83. The molecule has 1 atom stereocenters. The number of rotatable bonds is 6. The van der Waals surface area contributed by atoms with Gasteiger partial charge in [-0.2, -0.15) is 13.2 Å². The first-order chi connectivity index (χ1) is 17.2. The van der Waals surface area contributed by atoms with E-state index in [0.717, 1.165) is 12.1 Å². The fourth-order valence-electron chi connectivity index (χ4n) is 3.85. The molecule has 36 heavy (non-hydrogen) atoms. The van der Waals surface area contributed by atoms with Gasteiger partial charge in [0, 0.05) is 12.6 Å². The average Bonchev–Trinajstić information content (AvgIpc) is 2.84. The fourth-order valence-corrected chi connectivity index (χ4v) is 3.96. The van der Waals surface area contributed by atoms with Gasteiger partial charge in [0.05, 0.1) is 16.3 Å². The molecule has 1 amide bonds. The van der Waals surface area contributed by atoms with Crippen molar-refractivity contribution in [1.82, 2.24) is 10.3 Å². The highest BCUT2D eigenvalue weighted by molar-refractivity contribution is 6.30. The zero-order chi connectivity index (χ0) is 25.8. The van der Waals surface area contributed by atoms with Crippen LogP contribution in [0.15, 0.2) is 97.2 Å². The Bertz CT molecular complexity index is 1330. The number of pyridine rings is 1. The SMILES string of the molecule is O=C(N[C@](Cc1ccccc1)(c1cc(F)cc(C(F)(F)F)c1)c1ccc(Cl)cn1)Oc1ccccc1. The topological polar surface area (TPSA) is 51.2 Å². The summed E-state index contributed by atoms with van der Waals surface area (Å²) >= 11 is 6.01. The van der Waals surface area contributed by atoms with E-state index >= 15 is 0 Å². The molecular weight excluding hydrogens is 496 g/mol. The summed E-state index contributed by atoms with van der Waals surface area (Å²) in [6.45, 7) is 0. The predicted octanol–water partition coefficient (Wildman–Crippen LogP) is 7.17. The molecule has 0 spiro atoms. The third-order valence-corrected chi connectivity index (χ3v) is 5.69. The zero-order valence-corrected chi connectivity index (χ0v) is 19.4. The molecule has 0 saturated heterocycles. The Morgan fingerprint density at radius 3 is 2.14 bits per heavy atom. The van der Waals surface area contributed by atoms with Crippen LogP contribution in [0, 0.1) is 5.82 Å². The molecule has 1 aromatic heterocycles. The molecule has 0 unspecified atom stereocenters. The predicted molar refractivity (Wildman–Crippen MR) is 127 cm³/mol. The highest BCUT2D eigenvalue weighted by Gasteiger charge is 2.41. The molecule has 4 aromatic rings. The Kier molecular flexibility index (Phi) is 7.26. The summed E-state index contributed by atoms with van der Waals surface area (Å²) in [7, 11) is 0. The maximum atomic E-state index is 14.6. The van der Waals surface area contributed by atoms with Crippen molar-refractivity contribution >= 4 is 17.7 Å². The number of halogens is 5. The summed E-state index contributed by atoms with van der Waals surface area (Å²) in [6, 6.07) is 21.9. The van der Waals surface area contributed by atoms with Crippen molar-refractivity contribution < 1.29 is 27.1 Å². The summed E-state index contributed by atoms with van der Waals surface area (Å²) in [6.07, 6.45) is -4.56. The van der Waals surface area contributed by atoms with E-state index in [-0.39, 0.29) is 28.5 Å². The number of nitrogens with one attached hydrogen (secondary N) is 1. The summed E-state index contributed by atoms with van der Waals surface area (Å²) in [5.74, 6) is -0.910. The average molecular weight is 515 g/mol. The van der Waals surface area contributed by atoms with Crippen LogP contribution in [0.3, 0.4) is 0 Å². The van der Waals surface area contributed by atoms with Gasteiger partial charge < -0.3 is 10.1 Å². The Hall–Kier alpha value is -3.91. The van der Waals surface area contributed by atoms with Crippen LogP contribution in [0.4, 0.5) is 22.4 Å². The van der Waals surface area contributed by atoms with Crippen molar-refractivity contribution in [2.45, 2.75) is 18.1 Å². The standard InChI is InChI=1S/C27H19ClF4N2O2/c28-21-11-12-24(33-17-21)26(16-18-7-3-1-4-8-18,34-25(35)36-23-9-5-2-6-10-23)19-13-20(27(30,31)32)15-22(29)14-19/h1-15,17H,16H2,(H,34,35)/t26-/m1/s1. The van der Waals surface area contributed by atoms with Gasteiger partial charge in [0.2, 0.25) is 0 Å². The minimum absolute atomic E-state index is 0.0624. The first-order valence-corrected chi connectivity index (χ1v) is 11.1. The second-order valence-electron chi connectivity index (χ2n) is 7.98. The minimum Gasteiger partial charge on any atom is -0.410 e. The van der Waals surface area contributed by atoms with Gasteiger partial charge in [-0.05, 0) is 53.6 Å². The van der Waals surface area contributed by atoms with Crippen LogP contribution in [0.5, 0.6) is 5.75 Å². The number of carbonyl (C=O) groups is 1. The smallest absolute Gasteiger partial charge is 0.410 e. The van der Waals surface area contributed by atoms with Crippen molar-refractivity contribution in [3.63, 3.8) is 0 Å². The summed E-state index contributed by atoms with van der Waals surface area (Å²) < 4.78 is 61.0. The Balaban J connectivity index is 1.91. The van der Waals surface area contributed by atoms with Gasteiger partial charge in [-0.3, -0.25) is 4.98 Å². The van der Waals surface area contributed by atoms with Gasteiger partial charge in [0.1, 0.15) is 17.1 Å². The molecule has 184 valence electrons. The first kappa shape index (κ1) is 25.2. The highest BCUT2D eigenvalue weighted by Crippen LogP contribution is 2.38. The molecular formula is C27H19ClF4N2O2. The maximum Gasteiger partial charge on any atom is 0.416 e. The van der Waals surface area contributed by atoms with Crippen LogP contribution in [0.1, 0.15) is 22.4 Å². The molecule has 0 saturated carbocycles. The van der Waals surface area contributed by atoms with Crippen LogP contribution in [0.2, 0.25) is 5.02 Å². The van der Waals surface area contributed by atoms with E-state index in [0.29, 0.717) is 11.6 Å². The molecule has 0 aliphatic carbocycles. The van der Waals surface area contributed by atoms with Gasteiger partial charge in [0.15, 0.2) is 0 Å². The molecule has 1 heterocycles. The molecule has 1 N–H and O–H groups in total. The normalized spacial score (nSPS) is 13.0. The second-order valence-corrected chi connectivity index (χ2v) is 8.42. The van der Waals surface area contributed by atoms with Gasteiger partial charge >= 0.3 is 12.3 Å². The lowest BCUT2D eigenvalue weighted by molar-refractivity contribution is -0.137. The van der Waals surface area contributed by atoms with Crippen molar-refractivity contribution in [3.8, 4) is 5.75 Å². The molecule has 0 aliphatic rings. The first-order valence-electron chi connectivity index (χ1n) is 10.7. The van der Waals surface area contributed by atoms with Crippen LogP contribution in [-0.2, 0) is 18.1 Å². The number of para-hydroxylation sites is 1. The maximum absolute atomic E-state index is 14.6. The summed E-state index contributed by atoms with van der Waals surface area (Å²) in [5.41, 5.74) is -2.34. The van der Waals surface area contributed by atoms with Gasteiger partial charge in [-0.15, -0.1) is 0 Å². The Morgan fingerprint density at radius 1 is 0.889 bits per heavy atom. The van der Waals surface area contributed by atoms with E-state index in [9.17, 15) is 22.4 Å². The molecule has 0 bridgehead atoms. The van der Waals surface area contributed by atoms with Crippen molar-refractivity contribution in [2.75, 3.05) is 0 Å². The van der Waals surface area contributed by atoms with E-state index in [2.05, 4.69) is 10.3 Å². The van der Waals surface area contributed by atoms with Crippen molar-refractivity contribution in [1.29, 1.82) is 0 Å². The molecule has 4 nitrogen and oxygen atoms in total. The van der Waals surface area contributed by atoms with Gasteiger partial charge in [-0.25, -0.2) is 9.18 Å². The van der Waals surface area contributed by atoms with Crippen LogP contribution in [0.25, 0.3) is 0 Å². The van der Waals surface area contributed by atoms with E-state index in [1.54, 1.807) is 60.7 Å². The third kappa shape index (κ3) is 5.83. The number of benzene rings is 3. The molecule has 0 radical (unpaired) electrons. The number of carbonyl (C=O) groups excluding carboxylic acids is 1. The molecule has 9 heteroatoms. The van der Waals surface area contributed by atoms with Gasteiger partial charge in [0.25, 0.3) is 0 Å². The monoisotopic (exact) mass is 514 g/mol. The highest BCUT2D eigenvalue weighted by atomic mass is 35.5.